The van der Waals surface area contributed by atoms with Gasteiger partial charge in [-0.3, -0.25) is 14.8 Å². The fourth-order valence-corrected chi connectivity index (χ4v) is 3.53. The van der Waals surface area contributed by atoms with Gasteiger partial charge in [0.1, 0.15) is 0 Å². The lowest BCUT2D eigenvalue weighted by atomic mass is 9.68. The van der Waals surface area contributed by atoms with Crippen LogP contribution in [0.4, 0.5) is 0 Å². The predicted molar refractivity (Wildman–Crippen MR) is 81.1 cm³/mol. The third-order valence-electron chi connectivity index (χ3n) is 4.79. The van der Waals surface area contributed by atoms with Gasteiger partial charge in [0, 0.05) is 24.0 Å². The average molecular weight is 284 g/mol. The van der Waals surface area contributed by atoms with Gasteiger partial charge in [0.25, 0.3) is 0 Å². The highest BCUT2D eigenvalue weighted by Crippen LogP contribution is 2.45. The molecule has 0 bridgehead atoms. The molecule has 2 aromatic rings. The number of pyridine rings is 2. The summed E-state index contributed by atoms with van der Waals surface area (Å²) in [5.74, 6) is -0.198. The minimum absolute atomic E-state index is 0.0522. The Morgan fingerprint density at radius 2 is 2.10 bits per heavy atom. The van der Waals surface area contributed by atoms with E-state index < -0.39 is 5.97 Å². The zero-order chi connectivity index (χ0) is 14.9. The van der Waals surface area contributed by atoms with Crippen LogP contribution in [0.25, 0.3) is 10.9 Å². The first kappa shape index (κ1) is 14.0. The molecule has 3 rings (SSSR count). The molecule has 21 heavy (non-hydrogen) atoms. The highest BCUT2D eigenvalue weighted by molar-refractivity contribution is 5.81. The van der Waals surface area contributed by atoms with Gasteiger partial charge in [0.05, 0.1) is 11.9 Å². The van der Waals surface area contributed by atoms with Crippen molar-refractivity contribution in [1.82, 2.24) is 9.97 Å². The van der Waals surface area contributed by atoms with E-state index >= 15 is 0 Å². The Balaban J connectivity index is 1.81. The van der Waals surface area contributed by atoms with Crippen LogP contribution in [-0.4, -0.2) is 21.0 Å². The Bertz CT molecular complexity index is 655. The monoisotopic (exact) mass is 284 g/mol. The van der Waals surface area contributed by atoms with E-state index in [4.69, 9.17) is 5.11 Å². The average Bonchev–Trinajstić information content (AvgIpc) is 2.46. The lowest BCUT2D eigenvalue weighted by Crippen LogP contribution is -2.26. The summed E-state index contributed by atoms with van der Waals surface area (Å²) in [7, 11) is 0. The molecule has 0 spiro atoms. The van der Waals surface area contributed by atoms with Crippen molar-refractivity contribution < 1.29 is 9.90 Å². The van der Waals surface area contributed by atoms with Gasteiger partial charge < -0.3 is 5.11 Å². The van der Waals surface area contributed by atoms with Crippen LogP contribution in [0, 0.1) is 5.41 Å². The molecule has 0 atom stereocenters. The summed E-state index contributed by atoms with van der Waals surface area (Å²) in [6, 6.07) is 4.03. The summed E-state index contributed by atoms with van der Waals surface area (Å²) in [6.07, 6.45) is 9.81. The molecule has 0 amide bonds. The van der Waals surface area contributed by atoms with Gasteiger partial charge in [-0.05, 0) is 54.7 Å². The second-order valence-corrected chi connectivity index (χ2v) is 6.45. The Hall–Kier alpha value is -1.97. The molecule has 0 unspecified atom stereocenters. The van der Waals surface area contributed by atoms with Gasteiger partial charge in [-0.1, -0.05) is 6.92 Å². The van der Waals surface area contributed by atoms with E-state index in [1.165, 1.54) is 5.56 Å². The second-order valence-electron chi connectivity index (χ2n) is 6.45. The van der Waals surface area contributed by atoms with E-state index in [-0.39, 0.29) is 11.8 Å². The Kier molecular flexibility index (Phi) is 3.62. The quantitative estimate of drug-likeness (QED) is 0.932. The van der Waals surface area contributed by atoms with Crippen LogP contribution < -0.4 is 0 Å². The highest BCUT2D eigenvalue weighted by Gasteiger charge is 2.33. The van der Waals surface area contributed by atoms with E-state index in [0.29, 0.717) is 5.92 Å². The largest absolute Gasteiger partial charge is 0.481 e. The zero-order valence-electron chi connectivity index (χ0n) is 12.2. The minimum atomic E-state index is -0.686. The Labute approximate surface area is 124 Å². The van der Waals surface area contributed by atoms with Crippen LogP contribution in [0.3, 0.4) is 0 Å². The molecular weight excluding hydrogens is 264 g/mol. The van der Waals surface area contributed by atoms with E-state index in [1.807, 2.05) is 18.5 Å². The minimum Gasteiger partial charge on any atom is -0.481 e. The zero-order valence-corrected chi connectivity index (χ0v) is 12.2. The van der Waals surface area contributed by atoms with Crippen molar-refractivity contribution in [3.63, 3.8) is 0 Å². The van der Waals surface area contributed by atoms with Crippen LogP contribution in [0.5, 0.6) is 0 Å². The topological polar surface area (TPSA) is 63.1 Å². The number of nitrogens with zero attached hydrogens (tertiary/aromatic N) is 2. The number of carboxylic acid groups (broad SMARTS) is 1. The lowest BCUT2D eigenvalue weighted by molar-refractivity contribution is -0.140. The van der Waals surface area contributed by atoms with Gasteiger partial charge in [0.15, 0.2) is 0 Å². The molecule has 1 saturated carbocycles. The normalized spacial score (nSPS) is 25.9. The maximum Gasteiger partial charge on any atom is 0.303 e. The molecular formula is C17H20N2O2. The third-order valence-corrected chi connectivity index (χ3v) is 4.79. The number of aliphatic carboxylic acids is 1. The molecule has 4 heteroatoms. The smallest absolute Gasteiger partial charge is 0.303 e. The maximum atomic E-state index is 11.0. The molecule has 2 aromatic heterocycles. The number of hydrogen-bond donors (Lipinski definition) is 1. The van der Waals surface area contributed by atoms with E-state index in [9.17, 15) is 4.79 Å². The molecule has 1 aliphatic carbocycles. The third kappa shape index (κ3) is 2.89. The molecule has 0 radical (unpaired) electrons. The van der Waals surface area contributed by atoms with Crippen molar-refractivity contribution >= 4 is 16.9 Å². The number of hydrogen-bond acceptors (Lipinski definition) is 3. The SMILES string of the molecule is C[C@]1(CC(=O)O)CC[C@@H](c2ccnc3ccncc32)CC1. The van der Waals surface area contributed by atoms with Crippen LogP contribution in [0.2, 0.25) is 0 Å². The first-order valence-corrected chi connectivity index (χ1v) is 7.48. The van der Waals surface area contributed by atoms with Crippen molar-refractivity contribution in [2.75, 3.05) is 0 Å². The fraction of sp³-hybridized carbons (Fsp3) is 0.471. The molecule has 0 saturated heterocycles. The summed E-state index contributed by atoms with van der Waals surface area (Å²) in [5.41, 5.74) is 2.25. The van der Waals surface area contributed by atoms with Crippen LogP contribution in [-0.2, 0) is 4.79 Å². The number of rotatable bonds is 3. The first-order chi connectivity index (χ1) is 10.1. The molecule has 1 aliphatic rings. The van der Waals surface area contributed by atoms with Crippen LogP contribution in [0.1, 0.15) is 50.5 Å². The number of carbonyl (C=O) groups is 1. The molecule has 1 N–H and O–H groups in total. The summed E-state index contributed by atoms with van der Waals surface area (Å²) >= 11 is 0. The van der Waals surface area contributed by atoms with Crippen molar-refractivity contribution in [3.05, 3.63) is 36.3 Å². The number of carboxylic acids is 1. The van der Waals surface area contributed by atoms with Gasteiger partial charge in [-0.25, -0.2) is 0 Å². The van der Waals surface area contributed by atoms with Gasteiger partial charge >= 0.3 is 5.97 Å². The van der Waals surface area contributed by atoms with Gasteiger partial charge in [-0.2, -0.15) is 0 Å². The summed E-state index contributed by atoms with van der Waals surface area (Å²) in [5, 5.41) is 10.2. The lowest BCUT2D eigenvalue weighted by Gasteiger charge is -2.36. The van der Waals surface area contributed by atoms with Gasteiger partial charge in [-0.15, -0.1) is 0 Å². The van der Waals surface area contributed by atoms with Crippen molar-refractivity contribution in [2.24, 2.45) is 5.41 Å². The Morgan fingerprint density at radius 3 is 2.81 bits per heavy atom. The van der Waals surface area contributed by atoms with Crippen molar-refractivity contribution in [3.8, 4) is 0 Å². The predicted octanol–water partition coefficient (Wildman–Crippen LogP) is 3.77. The van der Waals surface area contributed by atoms with E-state index in [1.54, 1.807) is 6.20 Å². The Morgan fingerprint density at radius 1 is 1.33 bits per heavy atom. The van der Waals surface area contributed by atoms with Gasteiger partial charge in [0.2, 0.25) is 0 Å². The van der Waals surface area contributed by atoms with Crippen LogP contribution >= 0.6 is 0 Å². The number of aromatic nitrogens is 2. The molecule has 4 nitrogen and oxygen atoms in total. The fourth-order valence-electron chi connectivity index (χ4n) is 3.53. The van der Waals surface area contributed by atoms with Crippen molar-refractivity contribution in [2.45, 2.75) is 44.9 Å². The van der Waals surface area contributed by atoms with Crippen molar-refractivity contribution in [1.29, 1.82) is 0 Å². The van der Waals surface area contributed by atoms with Crippen LogP contribution in [0.15, 0.2) is 30.7 Å². The maximum absolute atomic E-state index is 11.0. The number of fused-ring (bicyclic) bond motifs is 1. The second kappa shape index (κ2) is 5.43. The summed E-state index contributed by atoms with van der Waals surface area (Å²) < 4.78 is 0. The first-order valence-electron chi connectivity index (χ1n) is 7.48. The standard InChI is InChI=1S/C17H20N2O2/c1-17(10-16(20)21)6-2-12(3-7-17)13-4-9-19-15-5-8-18-11-14(13)15/h4-5,8-9,11-12H,2-3,6-7,10H2,1H3,(H,20,21)/t12-,17+. The van der Waals surface area contributed by atoms with E-state index in [0.717, 1.165) is 36.6 Å². The molecule has 2 heterocycles. The summed E-state index contributed by atoms with van der Waals surface area (Å²) in [6.45, 7) is 2.10. The molecule has 0 aromatic carbocycles. The molecule has 0 aliphatic heterocycles. The summed E-state index contributed by atoms with van der Waals surface area (Å²) in [4.78, 5) is 19.6. The molecule has 1 fully saturated rings. The van der Waals surface area contributed by atoms with E-state index in [2.05, 4.69) is 23.0 Å². The molecule has 110 valence electrons. The highest BCUT2D eigenvalue weighted by atomic mass is 16.4.